The highest BCUT2D eigenvalue weighted by molar-refractivity contribution is 7.89. The van der Waals surface area contributed by atoms with E-state index in [1.54, 1.807) is 0 Å². The fraction of sp³-hybridized carbons (Fsp3) is 1.00. The second-order valence-corrected chi connectivity index (χ2v) is 7.72. The van der Waals surface area contributed by atoms with E-state index in [1.165, 1.54) is 0 Å². The number of hydrogen-bond donors (Lipinski definition) is 1. The van der Waals surface area contributed by atoms with Crippen molar-refractivity contribution in [2.24, 2.45) is 10.8 Å². The van der Waals surface area contributed by atoms with E-state index in [4.69, 9.17) is 0 Å². The zero-order valence-electron chi connectivity index (χ0n) is 9.55. The molecule has 0 aromatic carbocycles. The molecule has 4 heteroatoms. The second kappa shape index (κ2) is 3.49. The minimum atomic E-state index is -3.05. The first-order valence-corrected chi connectivity index (χ1v) is 6.75. The van der Waals surface area contributed by atoms with E-state index in [1.807, 2.05) is 13.8 Å². The van der Waals surface area contributed by atoms with Gasteiger partial charge in [0.05, 0.1) is 5.75 Å². The Kier molecular flexibility index (Phi) is 2.99. The predicted octanol–water partition coefficient (Wildman–Crippen LogP) is 1.75. The molecule has 0 atom stereocenters. The fourth-order valence-electron chi connectivity index (χ4n) is 2.55. The maximum absolute atomic E-state index is 11.5. The van der Waals surface area contributed by atoms with Gasteiger partial charge in [0.15, 0.2) is 0 Å². The van der Waals surface area contributed by atoms with Crippen molar-refractivity contribution in [2.75, 3.05) is 12.3 Å². The molecule has 1 fully saturated rings. The Morgan fingerprint density at radius 2 is 1.64 bits per heavy atom. The number of rotatable bonds is 0. The lowest BCUT2D eigenvalue weighted by molar-refractivity contribution is 0.196. The molecular formula is C10H21NO2S. The van der Waals surface area contributed by atoms with Gasteiger partial charge in [-0.15, -0.1) is 0 Å². The maximum atomic E-state index is 11.5. The smallest absolute Gasteiger partial charge is 0.212 e. The van der Waals surface area contributed by atoms with Crippen LogP contribution in [-0.2, 0) is 10.0 Å². The Labute approximate surface area is 87.3 Å². The SMILES string of the molecule is CC1(C)CCNS(=O)(=O)CC(C)(C)C1. The van der Waals surface area contributed by atoms with Crippen LogP contribution in [0.2, 0.25) is 0 Å². The molecule has 1 aliphatic rings. The summed E-state index contributed by atoms with van der Waals surface area (Å²) in [4.78, 5) is 0. The molecule has 0 aromatic rings. The van der Waals surface area contributed by atoms with Gasteiger partial charge in [0, 0.05) is 6.54 Å². The van der Waals surface area contributed by atoms with Gasteiger partial charge < -0.3 is 0 Å². The van der Waals surface area contributed by atoms with Crippen LogP contribution in [0.5, 0.6) is 0 Å². The van der Waals surface area contributed by atoms with Gasteiger partial charge in [0.25, 0.3) is 0 Å². The topological polar surface area (TPSA) is 46.2 Å². The summed E-state index contributed by atoms with van der Waals surface area (Å²) >= 11 is 0. The molecule has 1 saturated heterocycles. The summed E-state index contributed by atoms with van der Waals surface area (Å²) in [6.45, 7) is 9.03. The average molecular weight is 219 g/mol. The van der Waals surface area contributed by atoms with Crippen molar-refractivity contribution >= 4 is 10.0 Å². The van der Waals surface area contributed by atoms with Crippen molar-refractivity contribution in [3.8, 4) is 0 Å². The van der Waals surface area contributed by atoms with Crippen LogP contribution in [-0.4, -0.2) is 20.7 Å². The van der Waals surface area contributed by atoms with Crippen molar-refractivity contribution in [3.05, 3.63) is 0 Å². The first kappa shape index (κ1) is 12.0. The predicted molar refractivity (Wildman–Crippen MR) is 58.6 cm³/mol. The molecule has 3 nitrogen and oxygen atoms in total. The molecule has 1 heterocycles. The Bertz CT molecular complexity index is 304. The normalized spacial score (nSPS) is 30.3. The Morgan fingerprint density at radius 3 is 2.21 bits per heavy atom. The van der Waals surface area contributed by atoms with Gasteiger partial charge >= 0.3 is 0 Å². The van der Waals surface area contributed by atoms with Crippen LogP contribution in [0.15, 0.2) is 0 Å². The van der Waals surface area contributed by atoms with Crippen molar-refractivity contribution in [3.63, 3.8) is 0 Å². The summed E-state index contributed by atoms with van der Waals surface area (Å²) < 4.78 is 25.7. The summed E-state index contributed by atoms with van der Waals surface area (Å²) in [5.74, 6) is 0.240. The largest absolute Gasteiger partial charge is 0.215 e. The van der Waals surface area contributed by atoms with Gasteiger partial charge in [-0.3, -0.25) is 0 Å². The molecule has 0 spiro atoms. The molecule has 1 aliphatic heterocycles. The fourth-order valence-corrected chi connectivity index (χ4v) is 4.19. The van der Waals surface area contributed by atoms with Crippen LogP contribution in [0.3, 0.4) is 0 Å². The summed E-state index contributed by atoms with van der Waals surface area (Å²) in [6.07, 6.45) is 1.87. The standard InChI is InChI=1S/C10H21NO2S/c1-9(2)5-6-11-14(12,13)8-10(3,4)7-9/h11H,5-8H2,1-4H3. The summed E-state index contributed by atoms with van der Waals surface area (Å²) in [7, 11) is -3.05. The minimum Gasteiger partial charge on any atom is -0.215 e. The van der Waals surface area contributed by atoms with Gasteiger partial charge in [0.1, 0.15) is 0 Å². The third-order valence-corrected chi connectivity index (χ3v) is 4.47. The van der Waals surface area contributed by atoms with Crippen molar-refractivity contribution < 1.29 is 8.42 Å². The molecule has 1 rings (SSSR count). The molecule has 0 aliphatic carbocycles. The van der Waals surface area contributed by atoms with E-state index in [0.29, 0.717) is 6.54 Å². The lowest BCUT2D eigenvalue weighted by Gasteiger charge is -2.37. The maximum Gasteiger partial charge on any atom is 0.212 e. The number of nitrogens with one attached hydrogen (secondary N) is 1. The number of hydrogen-bond acceptors (Lipinski definition) is 2. The second-order valence-electron chi connectivity index (χ2n) is 5.91. The van der Waals surface area contributed by atoms with Crippen LogP contribution in [0, 0.1) is 10.8 Å². The highest BCUT2D eigenvalue weighted by atomic mass is 32.2. The van der Waals surface area contributed by atoms with E-state index in [-0.39, 0.29) is 16.6 Å². The molecular weight excluding hydrogens is 198 g/mol. The van der Waals surface area contributed by atoms with Gasteiger partial charge in [-0.1, -0.05) is 27.7 Å². The van der Waals surface area contributed by atoms with Gasteiger partial charge in [0.2, 0.25) is 10.0 Å². The highest BCUT2D eigenvalue weighted by Gasteiger charge is 2.34. The quantitative estimate of drug-likeness (QED) is 0.674. The Balaban J connectivity index is 2.87. The molecule has 0 aromatic heterocycles. The van der Waals surface area contributed by atoms with Crippen LogP contribution >= 0.6 is 0 Å². The van der Waals surface area contributed by atoms with Crippen molar-refractivity contribution in [1.82, 2.24) is 4.72 Å². The number of sulfonamides is 1. The van der Waals surface area contributed by atoms with E-state index >= 15 is 0 Å². The first-order chi connectivity index (χ1) is 6.12. The third kappa shape index (κ3) is 3.58. The zero-order valence-corrected chi connectivity index (χ0v) is 10.4. The zero-order chi connectivity index (χ0) is 11.0. The molecule has 0 radical (unpaired) electrons. The van der Waals surface area contributed by atoms with Gasteiger partial charge in [-0.2, -0.15) is 0 Å². The van der Waals surface area contributed by atoms with E-state index < -0.39 is 10.0 Å². The highest BCUT2D eigenvalue weighted by Crippen LogP contribution is 2.37. The average Bonchev–Trinajstić information content (AvgIpc) is 1.75. The molecule has 0 saturated carbocycles. The lowest BCUT2D eigenvalue weighted by Crippen LogP contribution is -2.41. The third-order valence-electron chi connectivity index (χ3n) is 2.66. The van der Waals surface area contributed by atoms with Crippen LogP contribution in [0.1, 0.15) is 40.5 Å². The van der Waals surface area contributed by atoms with Crippen LogP contribution < -0.4 is 4.72 Å². The molecule has 0 unspecified atom stereocenters. The lowest BCUT2D eigenvalue weighted by atomic mass is 9.74. The molecule has 84 valence electrons. The van der Waals surface area contributed by atoms with E-state index in [9.17, 15) is 8.42 Å². The Morgan fingerprint density at radius 1 is 1.07 bits per heavy atom. The van der Waals surface area contributed by atoms with Crippen LogP contribution in [0.4, 0.5) is 0 Å². The van der Waals surface area contributed by atoms with Crippen molar-refractivity contribution in [1.29, 1.82) is 0 Å². The molecule has 14 heavy (non-hydrogen) atoms. The van der Waals surface area contributed by atoms with Crippen molar-refractivity contribution in [2.45, 2.75) is 40.5 Å². The molecule has 0 amide bonds. The minimum absolute atomic E-state index is 0.129. The Hall–Kier alpha value is -0.0900. The first-order valence-electron chi connectivity index (χ1n) is 5.09. The molecule has 0 bridgehead atoms. The van der Waals surface area contributed by atoms with Crippen LogP contribution in [0.25, 0.3) is 0 Å². The van der Waals surface area contributed by atoms with E-state index in [2.05, 4.69) is 18.6 Å². The molecule has 1 N–H and O–H groups in total. The summed E-state index contributed by atoms with van der Waals surface area (Å²) in [6, 6.07) is 0. The van der Waals surface area contributed by atoms with Gasteiger partial charge in [-0.05, 0) is 23.7 Å². The van der Waals surface area contributed by atoms with Gasteiger partial charge in [-0.25, -0.2) is 13.1 Å². The monoisotopic (exact) mass is 219 g/mol. The van der Waals surface area contributed by atoms with E-state index in [0.717, 1.165) is 12.8 Å². The summed E-state index contributed by atoms with van der Waals surface area (Å²) in [5, 5.41) is 0. The summed E-state index contributed by atoms with van der Waals surface area (Å²) in [5.41, 5.74) is 0.0994.